The average Bonchev–Trinajstić information content (AvgIpc) is 3.24. The van der Waals surface area contributed by atoms with Crippen LogP contribution in [0.15, 0.2) is 59.0 Å². The van der Waals surface area contributed by atoms with Crippen molar-refractivity contribution in [3.8, 4) is 5.75 Å². The first-order valence-corrected chi connectivity index (χ1v) is 10.6. The Bertz CT molecular complexity index is 1040. The van der Waals surface area contributed by atoms with E-state index in [0.717, 1.165) is 36.5 Å². The highest BCUT2D eigenvalue weighted by atomic mass is 35.5. The van der Waals surface area contributed by atoms with Gasteiger partial charge in [-0.2, -0.15) is 0 Å². The van der Waals surface area contributed by atoms with E-state index in [1.807, 2.05) is 19.1 Å². The summed E-state index contributed by atoms with van der Waals surface area (Å²) in [4.78, 5) is 16.9. The monoisotopic (exact) mass is 442 g/mol. The first kappa shape index (κ1) is 21.4. The first-order chi connectivity index (χ1) is 15.0. The van der Waals surface area contributed by atoms with Gasteiger partial charge in [0, 0.05) is 37.7 Å². The Morgan fingerprint density at radius 2 is 1.81 bits per heavy atom. The Morgan fingerprint density at radius 1 is 1.06 bits per heavy atom. The molecule has 3 aromatic rings. The molecule has 0 aliphatic carbocycles. The van der Waals surface area contributed by atoms with E-state index in [0.29, 0.717) is 29.6 Å². The number of carbonyl (C=O) groups excluding carboxylic acids is 1. The Labute approximate surface area is 186 Å². The van der Waals surface area contributed by atoms with Crippen LogP contribution in [0.1, 0.15) is 27.4 Å². The van der Waals surface area contributed by atoms with Crippen LogP contribution < -0.4 is 4.74 Å². The molecule has 2 heterocycles. The number of halogens is 2. The number of ether oxygens (including phenoxy) is 1. The minimum Gasteiger partial charge on any atom is -0.485 e. The average molecular weight is 443 g/mol. The van der Waals surface area contributed by atoms with Crippen LogP contribution in [0.4, 0.5) is 4.39 Å². The predicted molar refractivity (Wildman–Crippen MR) is 117 cm³/mol. The quantitative estimate of drug-likeness (QED) is 0.543. The Hall–Kier alpha value is -2.83. The van der Waals surface area contributed by atoms with Crippen LogP contribution >= 0.6 is 11.6 Å². The number of piperazine rings is 1. The number of benzene rings is 2. The van der Waals surface area contributed by atoms with E-state index in [4.69, 9.17) is 20.8 Å². The SMILES string of the molecule is Cc1cc(Cl)ccc1OCc1ccc(C(=O)N2CCN(Cc3ccc(F)cc3)CC2)o1. The van der Waals surface area contributed by atoms with Crippen molar-refractivity contribution in [1.29, 1.82) is 0 Å². The lowest BCUT2D eigenvalue weighted by atomic mass is 10.2. The smallest absolute Gasteiger partial charge is 0.289 e. The van der Waals surface area contributed by atoms with Gasteiger partial charge in [-0.05, 0) is 60.5 Å². The van der Waals surface area contributed by atoms with Crippen LogP contribution in [-0.2, 0) is 13.2 Å². The lowest BCUT2D eigenvalue weighted by molar-refractivity contribution is 0.0594. The highest BCUT2D eigenvalue weighted by Crippen LogP contribution is 2.23. The summed E-state index contributed by atoms with van der Waals surface area (Å²) in [5.41, 5.74) is 2.00. The van der Waals surface area contributed by atoms with Crippen LogP contribution in [0.2, 0.25) is 5.02 Å². The normalized spacial score (nSPS) is 14.6. The summed E-state index contributed by atoms with van der Waals surface area (Å²) in [5.74, 6) is 1.29. The minimum atomic E-state index is -0.231. The molecule has 1 saturated heterocycles. The van der Waals surface area contributed by atoms with Gasteiger partial charge in [0.2, 0.25) is 0 Å². The number of aryl methyl sites for hydroxylation is 1. The highest BCUT2D eigenvalue weighted by Gasteiger charge is 2.24. The van der Waals surface area contributed by atoms with Gasteiger partial charge < -0.3 is 14.1 Å². The largest absolute Gasteiger partial charge is 0.485 e. The number of hydrogen-bond donors (Lipinski definition) is 0. The standard InChI is InChI=1S/C24H24ClFN2O3/c1-17-14-19(25)4-8-22(17)30-16-21-7-9-23(31-21)24(29)28-12-10-27(11-13-28)15-18-2-5-20(26)6-3-18/h2-9,14H,10-13,15-16H2,1H3. The van der Waals surface area contributed by atoms with Gasteiger partial charge in [-0.1, -0.05) is 23.7 Å². The number of nitrogens with zero attached hydrogens (tertiary/aromatic N) is 2. The lowest BCUT2D eigenvalue weighted by Crippen LogP contribution is -2.48. The molecule has 0 N–H and O–H groups in total. The van der Waals surface area contributed by atoms with Crippen molar-refractivity contribution >= 4 is 17.5 Å². The lowest BCUT2D eigenvalue weighted by Gasteiger charge is -2.34. The van der Waals surface area contributed by atoms with Crippen molar-refractivity contribution in [2.24, 2.45) is 0 Å². The molecule has 0 radical (unpaired) electrons. The minimum absolute atomic E-state index is 0.115. The van der Waals surface area contributed by atoms with Gasteiger partial charge in [-0.25, -0.2) is 4.39 Å². The molecular weight excluding hydrogens is 419 g/mol. The number of furan rings is 1. The maximum absolute atomic E-state index is 13.1. The fraction of sp³-hybridized carbons (Fsp3) is 0.292. The van der Waals surface area contributed by atoms with Gasteiger partial charge in [0.1, 0.15) is 23.9 Å². The van der Waals surface area contributed by atoms with E-state index < -0.39 is 0 Å². The van der Waals surface area contributed by atoms with Crippen molar-refractivity contribution in [2.75, 3.05) is 26.2 Å². The van der Waals surface area contributed by atoms with E-state index in [1.165, 1.54) is 12.1 Å². The third-order valence-electron chi connectivity index (χ3n) is 5.36. The molecule has 1 fully saturated rings. The van der Waals surface area contributed by atoms with Gasteiger partial charge in [0.15, 0.2) is 5.76 Å². The predicted octanol–water partition coefficient (Wildman–Crippen LogP) is 4.92. The summed E-state index contributed by atoms with van der Waals surface area (Å²) >= 11 is 5.97. The molecule has 0 spiro atoms. The third-order valence-corrected chi connectivity index (χ3v) is 5.59. The van der Waals surface area contributed by atoms with Crippen molar-refractivity contribution in [3.05, 3.63) is 88.1 Å². The number of hydrogen-bond acceptors (Lipinski definition) is 4. The molecule has 1 amide bonds. The van der Waals surface area contributed by atoms with Crippen LogP contribution in [0, 0.1) is 12.7 Å². The summed E-state index contributed by atoms with van der Waals surface area (Å²) in [5, 5.41) is 0.661. The topological polar surface area (TPSA) is 45.9 Å². The van der Waals surface area contributed by atoms with Crippen LogP contribution in [0.5, 0.6) is 5.75 Å². The summed E-state index contributed by atoms with van der Waals surface area (Å²) in [7, 11) is 0. The zero-order valence-electron chi connectivity index (χ0n) is 17.3. The Kier molecular flexibility index (Phi) is 6.59. The van der Waals surface area contributed by atoms with Gasteiger partial charge in [0.25, 0.3) is 5.91 Å². The van der Waals surface area contributed by atoms with E-state index >= 15 is 0 Å². The first-order valence-electron chi connectivity index (χ1n) is 10.2. The molecule has 0 unspecified atom stereocenters. The molecule has 162 valence electrons. The van der Waals surface area contributed by atoms with Gasteiger partial charge in [-0.15, -0.1) is 0 Å². The second-order valence-corrected chi connectivity index (χ2v) is 8.10. The molecule has 1 aromatic heterocycles. The number of amides is 1. The second-order valence-electron chi connectivity index (χ2n) is 7.66. The Morgan fingerprint density at radius 3 is 2.52 bits per heavy atom. The molecule has 0 saturated carbocycles. The fourth-order valence-electron chi connectivity index (χ4n) is 3.61. The van der Waals surface area contributed by atoms with E-state index in [2.05, 4.69) is 4.90 Å². The van der Waals surface area contributed by atoms with E-state index in [-0.39, 0.29) is 18.3 Å². The van der Waals surface area contributed by atoms with Crippen LogP contribution in [0.25, 0.3) is 0 Å². The van der Waals surface area contributed by atoms with Crippen molar-refractivity contribution < 1.29 is 18.3 Å². The molecule has 2 aromatic carbocycles. The maximum atomic E-state index is 13.1. The molecule has 4 rings (SSSR count). The van der Waals surface area contributed by atoms with Gasteiger partial charge in [0.05, 0.1) is 0 Å². The summed E-state index contributed by atoms with van der Waals surface area (Å²) < 4.78 is 24.6. The molecule has 7 heteroatoms. The van der Waals surface area contributed by atoms with Crippen molar-refractivity contribution in [1.82, 2.24) is 9.80 Å². The number of carbonyl (C=O) groups is 1. The van der Waals surface area contributed by atoms with Crippen molar-refractivity contribution in [2.45, 2.75) is 20.1 Å². The second kappa shape index (κ2) is 9.54. The fourth-order valence-corrected chi connectivity index (χ4v) is 3.83. The van der Waals surface area contributed by atoms with Crippen LogP contribution in [0.3, 0.4) is 0 Å². The van der Waals surface area contributed by atoms with E-state index in [9.17, 15) is 9.18 Å². The summed E-state index contributed by atoms with van der Waals surface area (Å²) in [6, 6.07) is 15.4. The maximum Gasteiger partial charge on any atom is 0.289 e. The van der Waals surface area contributed by atoms with Gasteiger partial charge >= 0.3 is 0 Å². The van der Waals surface area contributed by atoms with Crippen LogP contribution in [-0.4, -0.2) is 41.9 Å². The zero-order chi connectivity index (χ0) is 21.8. The Balaban J connectivity index is 1.28. The third kappa shape index (κ3) is 5.46. The molecule has 0 bridgehead atoms. The molecule has 1 aliphatic heterocycles. The molecule has 5 nitrogen and oxygen atoms in total. The zero-order valence-corrected chi connectivity index (χ0v) is 18.1. The molecule has 0 atom stereocenters. The van der Waals surface area contributed by atoms with E-state index in [1.54, 1.807) is 35.2 Å². The summed E-state index contributed by atoms with van der Waals surface area (Å²) in [6.45, 7) is 5.67. The molecular formula is C24H24ClFN2O3. The van der Waals surface area contributed by atoms with Crippen molar-refractivity contribution in [3.63, 3.8) is 0 Å². The molecule has 1 aliphatic rings. The van der Waals surface area contributed by atoms with Gasteiger partial charge in [-0.3, -0.25) is 9.69 Å². The summed E-state index contributed by atoms with van der Waals surface area (Å²) in [6.07, 6.45) is 0. The number of rotatable bonds is 6. The highest BCUT2D eigenvalue weighted by molar-refractivity contribution is 6.30. The molecule has 31 heavy (non-hydrogen) atoms.